The van der Waals surface area contributed by atoms with Crippen LogP contribution in [0.1, 0.15) is 33.6 Å². The molecule has 0 saturated carbocycles. The summed E-state index contributed by atoms with van der Waals surface area (Å²) >= 11 is 0. The van der Waals surface area contributed by atoms with E-state index in [0.717, 1.165) is 73.8 Å². The first-order valence-electron chi connectivity index (χ1n) is 14.0. The second kappa shape index (κ2) is 10.5. The van der Waals surface area contributed by atoms with Crippen molar-refractivity contribution in [2.75, 3.05) is 37.7 Å². The van der Waals surface area contributed by atoms with Gasteiger partial charge in [0.1, 0.15) is 18.0 Å². The van der Waals surface area contributed by atoms with Crippen molar-refractivity contribution >= 4 is 30.9 Å². The Kier molecular flexibility index (Phi) is 7.45. The first-order chi connectivity index (χ1) is 18.4. The van der Waals surface area contributed by atoms with Gasteiger partial charge in [-0.25, -0.2) is 9.78 Å². The number of carbonyl (C=O) groups is 1. The molecular weight excluding hydrogens is 508 g/mol. The Morgan fingerprint density at radius 3 is 2.59 bits per heavy atom. The lowest BCUT2D eigenvalue weighted by Gasteiger charge is -2.54. The number of carbonyl (C=O) groups excluding carboxylic acids is 1. The van der Waals surface area contributed by atoms with E-state index in [1.807, 2.05) is 44.1 Å². The lowest BCUT2D eigenvalue weighted by Crippen LogP contribution is -2.64. The van der Waals surface area contributed by atoms with Crippen LogP contribution in [-0.4, -0.2) is 77.2 Å². The Hall–Kier alpha value is -2.98. The summed E-state index contributed by atoms with van der Waals surface area (Å²) in [7, 11) is -1.17. The minimum atomic E-state index is -1.17. The smallest absolute Gasteiger partial charge is 0.410 e. The molecule has 0 radical (unpaired) electrons. The molecule has 1 spiro atoms. The van der Waals surface area contributed by atoms with E-state index in [-0.39, 0.29) is 11.5 Å². The molecule has 5 rings (SSSR count). The Labute approximate surface area is 232 Å². The molecular formula is C29H42N6O3Si. The van der Waals surface area contributed by atoms with Crippen molar-refractivity contribution in [3.63, 3.8) is 0 Å². The van der Waals surface area contributed by atoms with Crippen LogP contribution in [0.4, 0.5) is 10.5 Å². The number of hydrogen-bond acceptors (Lipinski definition) is 7. The summed E-state index contributed by atoms with van der Waals surface area (Å²) in [5, 5.41) is 9.25. The molecule has 10 heteroatoms. The predicted octanol–water partition coefficient (Wildman–Crippen LogP) is 5.64. The van der Waals surface area contributed by atoms with Gasteiger partial charge in [0.15, 0.2) is 0 Å². The summed E-state index contributed by atoms with van der Waals surface area (Å²) in [5.41, 5.74) is 3.78. The minimum Gasteiger partial charge on any atom is -0.444 e. The fraction of sp³-hybridized carbons (Fsp3) is 0.586. The van der Waals surface area contributed by atoms with Crippen LogP contribution in [0.25, 0.3) is 22.2 Å². The lowest BCUT2D eigenvalue weighted by molar-refractivity contribution is -0.0390. The summed E-state index contributed by atoms with van der Waals surface area (Å²) in [6, 6.07) is 5.25. The Morgan fingerprint density at radius 1 is 1.10 bits per heavy atom. The van der Waals surface area contributed by atoms with Gasteiger partial charge in [-0.05, 0) is 51.8 Å². The molecule has 2 fully saturated rings. The van der Waals surface area contributed by atoms with Gasteiger partial charge < -0.3 is 23.8 Å². The van der Waals surface area contributed by atoms with E-state index in [2.05, 4.69) is 51.6 Å². The van der Waals surface area contributed by atoms with Gasteiger partial charge in [0.2, 0.25) is 0 Å². The number of ether oxygens (including phenoxy) is 2. The van der Waals surface area contributed by atoms with Crippen molar-refractivity contribution in [1.82, 2.24) is 24.6 Å². The van der Waals surface area contributed by atoms with E-state index in [1.54, 1.807) is 6.20 Å². The number of pyridine rings is 1. The minimum absolute atomic E-state index is 0.0889. The molecule has 0 aliphatic carbocycles. The Balaban J connectivity index is 1.41. The number of piperidine rings is 1. The quantitative estimate of drug-likeness (QED) is 0.278. The van der Waals surface area contributed by atoms with Crippen LogP contribution in [0, 0.1) is 5.41 Å². The summed E-state index contributed by atoms with van der Waals surface area (Å²) < 4.78 is 13.9. The second-order valence-electron chi connectivity index (χ2n) is 13.4. The fourth-order valence-electron chi connectivity index (χ4n) is 5.66. The van der Waals surface area contributed by atoms with Crippen molar-refractivity contribution in [3.05, 3.63) is 36.9 Å². The van der Waals surface area contributed by atoms with Crippen molar-refractivity contribution in [1.29, 1.82) is 0 Å². The van der Waals surface area contributed by atoms with Crippen molar-refractivity contribution in [3.8, 4) is 11.1 Å². The maximum atomic E-state index is 12.6. The molecule has 3 aromatic heterocycles. The number of anilines is 1. The predicted molar refractivity (Wildman–Crippen MR) is 157 cm³/mol. The van der Waals surface area contributed by atoms with Gasteiger partial charge in [-0.1, -0.05) is 19.6 Å². The number of nitrogens with zero attached hydrogens (tertiary/aromatic N) is 6. The van der Waals surface area contributed by atoms with Crippen molar-refractivity contribution in [2.24, 2.45) is 5.41 Å². The Bertz CT molecular complexity index is 1310. The van der Waals surface area contributed by atoms with Crippen LogP contribution in [0.2, 0.25) is 25.7 Å². The molecule has 5 heterocycles. The van der Waals surface area contributed by atoms with Crippen LogP contribution in [-0.2, 0) is 16.2 Å². The van der Waals surface area contributed by atoms with Gasteiger partial charge in [-0.15, -0.1) is 0 Å². The third-order valence-electron chi connectivity index (χ3n) is 7.56. The number of amides is 1. The van der Waals surface area contributed by atoms with Gasteiger partial charge in [0.05, 0.1) is 17.8 Å². The van der Waals surface area contributed by atoms with E-state index < -0.39 is 13.7 Å². The molecule has 2 aliphatic heterocycles. The normalized spacial score (nSPS) is 17.5. The number of rotatable bonds is 7. The summed E-state index contributed by atoms with van der Waals surface area (Å²) in [6.45, 7) is 17.4. The zero-order valence-electron chi connectivity index (χ0n) is 24.2. The van der Waals surface area contributed by atoms with Gasteiger partial charge >= 0.3 is 6.09 Å². The van der Waals surface area contributed by atoms with E-state index in [0.29, 0.717) is 6.73 Å². The van der Waals surface area contributed by atoms with E-state index in [9.17, 15) is 4.79 Å². The highest BCUT2D eigenvalue weighted by Crippen LogP contribution is 2.43. The Morgan fingerprint density at radius 2 is 1.90 bits per heavy atom. The monoisotopic (exact) mass is 550 g/mol. The van der Waals surface area contributed by atoms with Gasteiger partial charge in [0, 0.05) is 75.5 Å². The van der Waals surface area contributed by atoms with E-state index in [1.165, 1.54) is 5.69 Å². The largest absolute Gasteiger partial charge is 0.444 e. The highest BCUT2D eigenvalue weighted by molar-refractivity contribution is 6.76. The van der Waals surface area contributed by atoms with Crippen LogP contribution in [0.5, 0.6) is 0 Å². The first-order valence-corrected chi connectivity index (χ1v) is 17.7. The molecule has 0 aromatic carbocycles. The molecule has 0 bridgehead atoms. The molecule has 2 aliphatic rings. The molecule has 210 valence electrons. The first kappa shape index (κ1) is 27.6. The maximum absolute atomic E-state index is 12.6. The summed E-state index contributed by atoms with van der Waals surface area (Å²) in [4.78, 5) is 21.8. The number of hydrogen-bond donors (Lipinski definition) is 0. The maximum Gasteiger partial charge on any atom is 0.410 e. The number of fused-ring (bicyclic) bond motifs is 1. The zero-order valence-corrected chi connectivity index (χ0v) is 25.2. The van der Waals surface area contributed by atoms with Crippen LogP contribution in [0.15, 0.2) is 36.9 Å². The molecule has 1 amide bonds. The van der Waals surface area contributed by atoms with E-state index >= 15 is 0 Å². The molecule has 9 nitrogen and oxygen atoms in total. The van der Waals surface area contributed by atoms with Gasteiger partial charge in [-0.2, -0.15) is 10.2 Å². The highest BCUT2D eigenvalue weighted by atomic mass is 28.3. The number of aromatic nitrogens is 4. The van der Waals surface area contributed by atoms with Crippen LogP contribution < -0.4 is 4.90 Å². The van der Waals surface area contributed by atoms with Gasteiger partial charge in [0.25, 0.3) is 0 Å². The number of likely N-dealkylation sites (tertiary alicyclic amines) is 1. The second-order valence-corrected chi connectivity index (χ2v) is 19.0. The average Bonchev–Trinajstić information content (AvgIpc) is 3.23. The summed E-state index contributed by atoms with van der Waals surface area (Å²) in [5.74, 6) is 0. The highest BCUT2D eigenvalue weighted by Gasteiger charge is 2.48. The standard InChI is InChI=1S/C29H42N6O3Si/c1-28(2,3)38-27(36)35-19-29(20-35)10-7-13-33(18-29)24-9-11-30-26-25(24)23(22-8-12-31-32-16-22)17-34(26)21-37-14-15-39(4,5)6/h8-9,11-12,16-17H,7,10,13-15,18-21H2,1-6H3. The fourth-order valence-corrected chi connectivity index (χ4v) is 6.42. The van der Waals surface area contributed by atoms with E-state index in [4.69, 9.17) is 14.5 Å². The van der Waals surface area contributed by atoms with Crippen LogP contribution >= 0.6 is 0 Å². The molecule has 3 aromatic rings. The van der Waals surface area contributed by atoms with Crippen molar-refractivity contribution < 1.29 is 14.3 Å². The van der Waals surface area contributed by atoms with Crippen molar-refractivity contribution in [2.45, 2.75) is 71.6 Å². The molecule has 0 atom stereocenters. The molecule has 39 heavy (non-hydrogen) atoms. The molecule has 2 saturated heterocycles. The van der Waals surface area contributed by atoms with Crippen LogP contribution in [0.3, 0.4) is 0 Å². The molecule has 0 N–H and O–H groups in total. The topological polar surface area (TPSA) is 85.6 Å². The SMILES string of the molecule is CC(C)(C)OC(=O)N1CC2(CCCN(c3ccnc4c3c(-c3ccnnc3)cn4COCC[Si](C)(C)C)C2)C1. The zero-order chi connectivity index (χ0) is 27.8. The third kappa shape index (κ3) is 6.27. The third-order valence-corrected chi connectivity index (χ3v) is 9.27. The average molecular weight is 551 g/mol. The summed E-state index contributed by atoms with van der Waals surface area (Å²) in [6.07, 6.45) is 9.57. The lowest BCUT2D eigenvalue weighted by atomic mass is 9.73. The molecule has 0 unspecified atom stereocenters. The van der Waals surface area contributed by atoms with Gasteiger partial charge in [-0.3, -0.25) is 0 Å².